The second-order valence-electron chi connectivity index (χ2n) is 11.5. The first-order valence-electron chi connectivity index (χ1n) is 14.5. The van der Waals surface area contributed by atoms with Gasteiger partial charge in [0.2, 0.25) is 5.91 Å². The topological polar surface area (TPSA) is 78.7 Å². The van der Waals surface area contributed by atoms with Crippen molar-refractivity contribution in [1.82, 2.24) is 20.3 Å². The van der Waals surface area contributed by atoms with Crippen LogP contribution in [0.5, 0.6) is 0 Å². The number of hydrogen-bond acceptors (Lipinski definition) is 5. The van der Waals surface area contributed by atoms with Crippen LogP contribution in [0.1, 0.15) is 83.6 Å². The average molecular weight is 527 g/mol. The van der Waals surface area contributed by atoms with Gasteiger partial charge in [-0.3, -0.25) is 9.59 Å². The SMILES string of the molecule is C=C1CCC(N2Cc3c(CCCCCN4CCC(c5noc6cc(C)ccc56)CC4)cccc3C2=O)C(=O)N1. The van der Waals surface area contributed by atoms with E-state index in [9.17, 15) is 9.59 Å². The first kappa shape index (κ1) is 25.8. The molecule has 0 bridgehead atoms. The Hall–Kier alpha value is -3.45. The van der Waals surface area contributed by atoms with Crippen molar-refractivity contribution in [3.05, 3.63) is 76.6 Å². The van der Waals surface area contributed by atoms with Gasteiger partial charge in [0.05, 0.1) is 5.69 Å². The molecule has 2 amide bonds. The van der Waals surface area contributed by atoms with E-state index in [0.717, 1.165) is 79.8 Å². The minimum atomic E-state index is -0.403. The lowest BCUT2D eigenvalue weighted by Gasteiger charge is -2.31. The summed E-state index contributed by atoms with van der Waals surface area (Å²) in [5.41, 5.74) is 7.10. The van der Waals surface area contributed by atoms with E-state index in [1.807, 2.05) is 12.1 Å². The highest BCUT2D eigenvalue weighted by molar-refractivity contribution is 6.01. The van der Waals surface area contributed by atoms with Gasteiger partial charge in [0.1, 0.15) is 6.04 Å². The van der Waals surface area contributed by atoms with E-state index in [1.54, 1.807) is 4.90 Å². The number of aryl methyl sites for hydroxylation is 2. The molecule has 7 heteroatoms. The minimum absolute atomic E-state index is 0.0170. The highest BCUT2D eigenvalue weighted by atomic mass is 16.5. The van der Waals surface area contributed by atoms with Crippen molar-refractivity contribution < 1.29 is 14.1 Å². The second kappa shape index (κ2) is 11.0. The molecule has 2 aromatic carbocycles. The number of allylic oxidation sites excluding steroid dienone is 1. The lowest BCUT2D eigenvalue weighted by Crippen LogP contribution is -2.49. The van der Waals surface area contributed by atoms with Gasteiger partial charge >= 0.3 is 0 Å². The number of aromatic nitrogens is 1. The van der Waals surface area contributed by atoms with Crippen molar-refractivity contribution in [1.29, 1.82) is 0 Å². The van der Waals surface area contributed by atoms with Crippen LogP contribution in [0.4, 0.5) is 0 Å². The van der Waals surface area contributed by atoms with Gasteiger partial charge in [0, 0.05) is 29.1 Å². The van der Waals surface area contributed by atoms with Crippen LogP contribution in [0.25, 0.3) is 11.0 Å². The van der Waals surface area contributed by atoms with Gasteiger partial charge in [-0.25, -0.2) is 0 Å². The van der Waals surface area contributed by atoms with E-state index in [2.05, 4.69) is 53.1 Å². The molecule has 0 aliphatic carbocycles. The van der Waals surface area contributed by atoms with Crippen LogP contribution in [0, 0.1) is 6.92 Å². The molecule has 2 fully saturated rings. The fraction of sp³-hybridized carbons (Fsp3) is 0.469. The molecular formula is C32H38N4O3. The van der Waals surface area contributed by atoms with E-state index in [4.69, 9.17) is 4.52 Å². The zero-order valence-corrected chi connectivity index (χ0v) is 22.9. The third-order valence-electron chi connectivity index (χ3n) is 8.84. The van der Waals surface area contributed by atoms with Crippen LogP contribution in [0.3, 0.4) is 0 Å². The van der Waals surface area contributed by atoms with Gasteiger partial charge in [-0.15, -0.1) is 0 Å². The number of amides is 2. The molecule has 0 radical (unpaired) electrons. The summed E-state index contributed by atoms with van der Waals surface area (Å²) < 4.78 is 5.61. The number of hydrogen-bond donors (Lipinski definition) is 1. The minimum Gasteiger partial charge on any atom is -0.356 e. The molecule has 2 saturated heterocycles. The van der Waals surface area contributed by atoms with Crippen molar-refractivity contribution >= 4 is 22.8 Å². The summed E-state index contributed by atoms with van der Waals surface area (Å²) in [4.78, 5) is 30.0. The summed E-state index contributed by atoms with van der Waals surface area (Å²) in [6.45, 7) is 9.82. The maximum absolute atomic E-state index is 13.1. The molecule has 6 rings (SSSR count). The fourth-order valence-electron chi connectivity index (χ4n) is 6.58. The molecule has 3 aromatic rings. The van der Waals surface area contributed by atoms with E-state index >= 15 is 0 Å². The Labute approximate surface area is 230 Å². The molecular weight excluding hydrogens is 488 g/mol. The average Bonchev–Trinajstić information content (AvgIpc) is 3.50. The zero-order chi connectivity index (χ0) is 26.9. The number of fused-ring (bicyclic) bond motifs is 2. The molecule has 204 valence electrons. The number of unbranched alkanes of at least 4 members (excludes halogenated alkanes) is 2. The molecule has 4 heterocycles. The maximum atomic E-state index is 13.1. The standard InChI is InChI=1S/C32H38N4O3/c1-21-10-12-26-29(19-21)39-34-30(26)24-14-17-35(18-15-24)16-5-3-4-7-23-8-6-9-25-27(23)20-36(32(25)38)28-13-11-22(2)33-31(28)37/h6,8-10,12,19,24,28H,2-5,7,11,13-18,20H2,1H3,(H,33,37). The summed E-state index contributed by atoms with van der Waals surface area (Å²) in [5, 5.41) is 8.42. The van der Waals surface area contributed by atoms with Crippen molar-refractivity contribution in [2.45, 2.75) is 76.8 Å². The van der Waals surface area contributed by atoms with E-state index in [-0.39, 0.29) is 11.8 Å². The Morgan fingerprint density at radius 1 is 1.08 bits per heavy atom. The first-order chi connectivity index (χ1) is 19.0. The Bertz CT molecular complexity index is 1400. The van der Waals surface area contributed by atoms with E-state index < -0.39 is 6.04 Å². The molecule has 7 nitrogen and oxygen atoms in total. The van der Waals surface area contributed by atoms with Crippen molar-refractivity contribution in [3.63, 3.8) is 0 Å². The maximum Gasteiger partial charge on any atom is 0.255 e. The van der Waals surface area contributed by atoms with Crippen LogP contribution in [0.15, 0.2) is 53.2 Å². The van der Waals surface area contributed by atoms with Crippen LogP contribution in [0.2, 0.25) is 0 Å². The molecule has 1 N–H and O–H groups in total. The third kappa shape index (κ3) is 5.24. The number of piperidine rings is 2. The molecule has 0 saturated carbocycles. The predicted molar refractivity (Wildman–Crippen MR) is 151 cm³/mol. The third-order valence-corrected chi connectivity index (χ3v) is 8.84. The monoisotopic (exact) mass is 526 g/mol. The fourth-order valence-corrected chi connectivity index (χ4v) is 6.58. The molecule has 3 aliphatic heterocycles. The Morgan fingerprint density at radius 2 is 1.92 bits per heavy atom. The summed E-state index contributed by atoms with van der Waals surface area (Å²) in [7, 11) is 0. The molecule has 0 spiro atoms. The van der Waals surface area contributed by atoms with Crippen molar-refractivity contribution in [3.8, 4) is 0 Å². The number of carbonyl (C=O) groups excluding carboxylic acids is 2. The lowest BCUT2D eigenvalue weighted by molar-refractivity contribution is -0.126. The smallest absolute Gasteiger partial charge is 0.255 e. The summed E-state index contributed by atoms with van der Waals surface area (Å²) >= 11 is 0. The number of rotatable bonds is 8. The van der Waals surface area contributed by atoms with Gasteiger partial charge in [0.15, 0.2) is 5.58 Å². The zero-order valence-electron chi connectivity index (χ0n) is 22.9. The van der Waals surface area contributed by atoms with Crippen molar-refractivity contribution in [2.24, 2.45) is 0 Å². The lowest BCUT2D eigenvalue weighted by atomic mass is 9.91. The molecule has 1 aromatic heterocycles. The summed E-state index contributed by atoms with van der Waals surface area (Å²) in [5.74, 6) is 0.352. The molecule has 1 atom stereocenters. The van der Waals surface area contributed by atoms with Gasteiger partial charge in [-0.1, -0.05) is 36.4 Å². The van der Waals surface area contributed by atoms with Gasteiger partial charge in [-0.05, 0) is 106 Å². The van der Waals surface area contributed by atoms with E-state index in [1.165, 1.54) is 29.4 Å². The van der Waals surface area contributed by atoms with Crippen LogP contribution < -0.4 is 5.32 Å². The molecule has 39 heavy (non-hydrogen) atoms. The molecule has 3 aliphatic rings. The van der Waals surface area contributed by atoms with Crippen LogP contribution >= 0.6 is 0 Å². The van der Waals surface area contributed by atoms with Crippen LogP contribution in [-0.4, -0.2) is 52.4 Å². The number of benzene rings is 2. The Morgan fingerprint density at radius 3 is 2.74 bits per heavy atom. The summed E-state index contributed by atoms with van der Waals surface area (Å²) in [6, 6.07) is 12.0. The number of nitrogens with zero attached hydrogens (tertiary/aromatic N) is 3. The Balaban J connectivity index is 0.960. The number of nitrogens with one attached hydrogen (secondary N) is 1. The van der Waals surface area contributed by atoms with Gasteiger partial charge in [0.25, 0.3) is 5.91 Å². The summed E-state index contributed by atoms with van der Waals surface area (Å²) in [6.07, 6.45) is 8.05. The predicted octanol–water partition coefficient (Wildman–Crippen LogP) is 5.48. The number of carbonyl (C=O) groups is 2. The highest BCUT2D eigenvalue weighted by Gasteiger charge is 2.38. The Kier molecular flexibility index (Phi) is 7.26. The second-order valence-corrected chi connectivity index (χ2v) is 11.5. The molecule has 1 unspecified atom stereocenters. The normalized spacial score (nSPS) is 20.6. The quantitative estimate of drug-likeness (QED) is 0.394. The highest BCUT2D eigenvalue weighted by Crippen LogP contribution is 2.34. The first-order valence-corrected chi connectivity index (χ1v) is 14.5. The van der Waals surface area contributed by atoms with Gasteiger partial charge in [-0.2, -0.15) is 0 Å². The van der Waals surface area contributed by atoms with Crippen molar-refractivity contribution in [2.75, 3.05) is 19.6 Å². The number of likely N-dealkylation sites (tertiary alicyclic amines) is 1. The van der Waals surface area contributed by atoms with Gasteiger partial charge < -0.3 is 19.6 Å². The van der Waals surface area contributed by atoms with Crippen LogP contribution in [-0.2, 0) is 17.8 Å². The van der Waals surface area contributed by atoms with E-state index in [0.29, 0.717) is 18.9 Å². The largest absolute Gasteiger partial charge is 0.356 e.